The van der Waals surface area contributed by atoms with Crippen molar-refractivity contribution < 1.29 is 4.74 Å². The first-order chi connectivity index (χ1) is 25.3. The summed E-state index contributed by atoms with van der Waals surface area (Å²) in [6, 6.07) is 57.6. The molecule has 0 saturated heterocycles. The van der Waals surface area contributed by atoms with Crippen LogP contribution in [0.2, 0.25) is 0 Å². The first-order valence-electron chi connectivity index (χ1n) is 17.1. The lowest BCUT2D eigenvalue weighted by molar-refractivity contribution is 0.436. The topological polar surface area (TPSA) is 47.9 Å². The summed E-state index contributed by atoms with van der Waals surface area (Å²) in [6.45, 7) is 0. The van der Waals surface area contributed by atoms with Crippen molar-refractivity contribution in [1.29, 1.82) is 0 Å². The van der Waals surface area contributed by atoms with Gasteiger partial charge in [-0.05, 0) is 46.5 Å². The van der Waals surface area contributed by atoms with Gasteiger partial charge >= 0.3 is 0 Å². The fraction of sp³-hybridized carbons (Fsp3) is 0.0217. The van der Waals surface area contributed by atoms with Gasteiger partial charge in [0.15, 0.2) is 17.5 Å². The summed E-state index contributed by atoms with van der Waals surface area (Å²) < 4.78 is 9.01. The summed E-state index contributed by atoms with van der Waals surface area (Å²) in [5, 5.41) is 2.52. The van der Waals surface area contributed by atoms with Crippen molar-refractivity contribution in [2.24, 2.45) is 0 Å². The molecule has 238 valence electrons. The number of thiophene rings is 1. The molecule has 0 atom stereocenters. The summed E-state index contributed by atoms with van der Waals surface area (Å²) in [7, 11) is 0. The van der Waals surface area contributed by atoms with Crippen LogP contribution in [-0.4, -0.2) is 15.0 Å². The lowest BCUT2D eigenvalue weighted by Gasteiger charge is -2.39. The van der Waals surface area contributed by atoms with Gasteiger partial charge in [0.05, 0.1) is 5.41 Å². The molecular formula is C46H27N3OS. The van der Waals surface area contributed by atoms with E-state index in [0.717, 1.165) is 28.2 Å². The second kappa shape index (κ2) is 10.8. The number of hydrogen-bond donors (Lipinski definition) is 0. The Morgan fingerprint density at radius 3 is 1.63 bits per heavy atom. The third-order valence-corrected chi connectivity index (χ3v) is 11.5. The highest BCUT2D eigenvalue weighted by molar-refractivity contribution is 7.26. The Hall–Kier alpha value is -6.43. The van der Waals surface area contributed by atoms with Gasteiger partial charge in [0.1, 0.15) is 11.5 Å². The van der Waals surface area contributed by atoms with Crippen molar-refractivity contribution in [3.05, 3.63) is 186 Å². The highest BCUT2D eigenvalue weighted by Gasteiger charge is 2.51. The van der Waals surface area contributed by atoms with Gasteiger partial charge in [-0.1, -0.05) is 140 Å². The Morgan fingerprint density at radius 1 is 0.431 bits per heavy atom. The normalized spacial score (nSPS) is 13.4. The van der Waals surface area contributed by atoms with Crippen molar-refractivity contribution in [3.63, 3.8) is 0 Å². The van der Waals surface area contributed by atoms with Crippen LogP contribution in [0.1, 0.15) is 22.3 Å². The van der Waals surface area contributed by atoms with Crippen LogP contribution in [0.3, 0.4) is 0 Å². The van der Waals surface area contributed by atoms with E-state index in [2.05, 4.69) is 103 Å². The molecule has 3 heterocycles. The van der Waals surface area contributed by atoms with E-state index in [0.29, 0.717) is 17.5 Å². The minimum absolute atomic E-state index is 0.494. The van der Waals surface area contributed by atoms with Crippen LogP contribution in [0.4, 0.5) is 0 Å². The number of ether oxygens (including phenoxy) is 1. The molecule has 0 amide bonds. The quantitative estimate of drug-likeness (QED) is 0.188. The van der Waals surface area contributed by atoms with Gasteiger partial charge < -0.3 is 4.74 Å². The van der Waals surface area contributed by atoms with Gasteiger partial charge in [-0.3, -0.25) is 0 Å². The zero-order valence-electron chi connectivity index (χ0n) is 27.2. The van der Waals surface area contributed by atoms with E-state index in [1.807, 2.05) is 72.0 Å². The smallest absolute Gasteiger partial charge is 0.164 e. The zero-order valence-corrected chi connectivity index (χ0v) is 28.1. The molecule has 1 aliphatic heterocycles. The molecule has 2 aromatic heterocycles. The van der Waals surface area contributed by atoms with E-state index < -0.39 is 5.41 Å². The molecule has 11 rings (SSSR count). The minimum Gasteiger partial charge on any atom is -0.457 e. The summed E-state index contributed by atoms with van der Waals surface area (Å²) in [5.41, 5.74) is 9.89. The van der Waals surface area contributed by atoms with Gasteiger partial charge in [0, 0.05) is 48.0 Å². The predicted molar refractivity (Wildman–Crippen MR) is 206 cm³/mol. The van der Waals surface area contributed by atoms with E-state index >= 15 is 0 Å². The molecule has 0 bridgehead atoms. The monoisotopic (exact) mass is 669 g/mol. The maximum atomic E-state index is 6.55. The summed E-state index contributed by atoms with van der Waals surface area (Å²) in [5.74, 6) is 3.79. The zero-order chi connectivity index (χ0) is 33.5. The molecule has 5 heteroatoms. The molecule has 0 saturated carbocycles. The van der Waals surface area contributed by atoms with E-state index in [1.165, 1.54) is 53.6 Å². The van der Waals surface area contributed by atoms with Crippen LogP contribution in [0, 0.1) is 0 Å². The van der Waals surface area contributed by atoms with Gasteiger partial charge in [0.25, 0.3) is 0 Å². The fourth-order valence-electron chi connectivity index (χ4n) is 8.28. The van der Waals surface area contributed by atoms with E-state index in [9.17, 15) is 0 Å². The number of rotatable bonds is 3. The van der Waals surface area contributed by atoms with Crippen LogP contribution in [0.25, 0.3) is 65.5 Å². The Bertz CT molecular complexity index is 2740. The Labute approximate surface area is 298 Å². The lowest BCUT2D eigenvalue weighted by Crippen LogP contribution is -2.32. The second-order valence-electron chi connectivity index (χ2n) is 13.1. The molecule has 0 unspecified atom stereocenters. The molecule has 51 heavy (non-hydrogen) atoms. The summed E-state index contributed by atoms with van der Waals surface area (Å²) in [6.07, 6.45) is 0. The van der Waals surface area contributed by atoms with Gasteiger partial charge in [0.2, 0.25) is 0 Å². The van der Waals surface area contributed by atoms with Crippen LogP contribution in [0.5, 0.6) is 11.5 Å². The summed E-state index contributed by atoms with van der Waals surface area (Å²) in [4.78, 5) is 14.9. The molecule has 0 fully saturated rings. The van der Waals surface area contributed by atoms with Gasteiger partial charge in [-0.15, -0.1) is 11.3 Å². The molecule has 2 aliphatic rings. The van der Waals surface area contributed by atoms with Crippen LogP contribution < -0.4 is 4.74 Å². The SMILES string of the molecule is c1ccc(-c2nc(-c3ccccc3)nc(-c3ccc4c(c3)sc3ccc5c(c34)-c3ccccc3C53c4ccccc4Oc4ccccc43)n2)cc1. The Kier molecular flexibility index (Phi) is 6.01. The van der Waals surface area contributed by atoms with Crippen molar-refractivity contribution >= 4 is 31.5 Å². The van der Waals surface area contributed by atoms with Crippen LogP contribution in [0.15, 0.2) is 164 Å². The maximum Gasteiger partial charge on any atom is 0.164 e. The summed E-state index contributed by atoms with van der Waals surface area (Å²) >= 11 is 1.82. The number of aromatic nitrogens is 3. The highest BCUT2D eigenvalue weighted by atomic mass is 32.1. The van der Waals surface area contributed by atoms with Gasteiger partial charge in [-0.25, -0.2) is 15.0 Å². The van der Waals surface area contributed by atoms with Crippen LogP contribution >= 0.6 is 11.3 Å². The molecule has 1 aliphatic carbocycles. The Balaban J connectivity index is 1.15. The second-order valence-corrected chi connectivity index (χ2v) is 14.2. The molecule has 0 radical (unpaired) electrons. The highest BCUT2D eigenvalue weighted by Crippen LogP contribution is 2.63. The Morgan fingerprint density at radius 2 is 0.980 bits per heavy atom. The average molecular weight is 670 g/mol. The largest absolute Gasteiger partial charge is 0.457 e. The standard InChI is InChI=1S/C46H27N3OS/c1-3-13-28(14-4-1)43-47-44(29-15-5-2-6-16-29)49-45(48-43)30-23-24-32-40(27-30)51-39-26-25-36-41(42(32)39)31-17-7-8-18-33(31)46(36)34-19-9-11-21-37(34)50-38-22-12-10-20-35(38)46/h1-27H. The number of para-hydroxylation sites is 2. The molecule has 9 aromatic rings. The van der Waals surface area contributed by atoms with Gasteiger partial charge in [-0.2, -0.15) is 0 Å². The average Bonchev–Trinajstić information content (AvgIpc) is 3.72. The number of fused-ring (bicyclic) bond motifs is 13. The van der Waals surface area contributed by atoms with Crippen LogP contribution in [-0.2, 0) is 5.41 Å². The van der Waals surface area contributed by atoms with Crippen molar-refractivity contribution in [1.82, 2.24) is 15.0 Å². The molecule has 1 spiro atoms. The number of benzene rings is 7. The number of hydrogen-bond acceptors (Lipinski definition) is 5. The third kappa shape index (κ3) is 4.04. The van der Waals surface area contributed by atoms with Crippen molar-refractivity contribution in [3.8, 4) is 56.8 Å². The molecule has 0 N–H and O–H groups in total. The molecule has 7 aromatic carbocycles. The van der Waals surface area contributed by atoms with E-state index in [1.54, 1.807) is 0 Å². The van der Waals surface area contributed by atoms with E-state index in [-0.39, 0.29) is 0 Å². The van der Waals surface area contributed by atoms with Crippen molar-refractivity contribution in [2.45, 2.75) is 5.41 Å². The number of nitrogens with zero attached hydrogens (tertiary/aromatic N) is 3. The van der Waals surface area contributed by atoms with E-state index in [4.69, 9.17) is 19.7 Å². The first-order valence-corrected chi connectivity index (χ1v) is 17.9. The third-order valence-electron chi connectivity index (χ3n) is 10.4. The minimum atomic E-state index is -0.494. The lowest BCUT2D eigenvalue weighted by atomic mass is 9.66. The first kappa shape index (κ1) is 28.4. The fourth-order valence-corrected chi connectivity index (χ4v) is 9.44. The van der Waals surface area contributed by atoms with Crippen molar-refractivity contribution in [2.75, 3.05) is 0 Å². The molecule has 4 nitrogen and oxygen atoms in total. The predicted octanol–water partition coefficient (Wildman–Crippen LogP) is 11.7. The maximum absolute atomic E-state index is 6.55. The molecular weight excluding hydrogens is 643 g/mol.